The highest BCUT2D eigenvalue weighted by Gasteiger charge is 1.90. The average Bonchev–Trinajstić information content (AvgIpc) is 2.17. The lowest BCUT2D eigenvalue weighted by Crippen LogP contribution is -2.04. The zero-order valence-electron chi connectivity index (χ0n) is 5.85. The van der Waals surface area contributed by atoms with Gasteiger partial charge in [0.05, 0.1) is 0 Å². The van der Waals surface area contributed by atoms with Crippen molar-refractivity contribution in [1.29, 1.82) is 0 Å². The molecule has 0 atom stereocenters. The van der Waals surface area contributed by atoms with Crippen LogP contribution in [0.15, 0.2) is 11.4 Å². The van der Waals surface area contributed by atoms with Gasteiger partial charge in [0.15, 0.2) is 0 Å². The molecule has 0 spiro atoms. The molecule has 1 radical (unpaired) electrons. The third-order valence-corrected chi connectivity index (χ3v) is 1.87. The van der Waals surface area contributed by atoms with E-state index in [9.17, 15) is 0 Å². The highest BCUT2D eigenvalue weighted by atomic mass is 32.1. The Kier molecular flexibility index (Phi) is 1.36. The zero-order chi connectivity index (χ0) is 6.69. The molecule has 2 heteroatoms. The predicted molar refractivity (Wildman–Crippen MR) is 40.3 cm³/mol. The third kappa shape index (κ3) is 1.13. The number of thiophene rings is 1. The molecule has 0 aliphatic rings. The first-order valence-corrected chi connectivity index (χ1v) is 3.38. The first-order valence-electron chi connectivity index (χ1n) is 3.21. The van der Waals surface area contributed by atoms with Crippen molar-refractivity contribution in [3.63, 3.8) is 0 Å². The maximum atomic E-state index is 6.90. The molecule has 0 unspecified atom stereocenters. The van der Waals surface area contributed by atoms with Crippen LogP contribution < -0.4 is 5.46 Å². The lowest BCUT2D eigenvalue weighted by atomic mass is 9.75. The lowest BCUT2D eigenvalue weighted by Gasteiger charge is -1.78. The number of aryl methyl sites for hydroxylation is 1. The molecule has 1 heterocycles. The largest absolute Gasteiger partial charge is 0.150 e. The molecule has 0 saturated carbocycles. The maximum Gasteiger partial charge on any atom is 0.149 e. The summed E-state index contributed by atoms with van der Waals surface area (Å²) in [5.41, 5.74) is 1.19. The van der Waals surface area contributed by atoms with E-state index < -0.39 is 0 Å². The average molecular weight is 124 g/mol. The minimum atomic E-state index is 0.385. The molecule has 0 saturated heterocycles. The summed E-state index contributed by atoms with van der Waals surface area (Å²) in [5, 5.41) is 2.07. The van der Waals surface area contributed by atoms with E-state index in [1.165, 1.54) is 10.3 Å². The molecule has 0 aliphatic heterocycles. The van der Waals surface area contributed by atoms with Gasteiger partial charge in [0.25, 0.3) is 0 Å². The second kappa shape index (κ2) is 2.36. The molecule has 1 rings (SSSR count). The topological polar surface area (TPSA) is 0 Å². The first kappa shape index (κ1) is 4.63. The van der Waals surface area contributed by atoms with Crippen molar-refractivity contribution in [3.8, 4) is 0 Å². The van der Waals surface area contributed by atoms with Gasteiger partial charge in [-0.3, -0.25) is 0 Å². The van der Waals surface area contributed by atoms with E-state index in [4.69, 9.17) is 1.37 Å². The molecule has 0 fully saturated rings. The van der Waals surface area contributed by atoms with Crippen molar-refractivity contribution in [2.24, 2.45) is 0 Å². The summed E-state index contributed by atoms with van der Waals surface area (Å²) in [6, 6.07) is 2.10. The monoisotopic (exact) mass is 124 g/mol. The van der Waals surface area contributed by atoms with E-state index in [1.807, 2.05) is 7.28 Å². The third-order valence-electron chi connectivity index (χ3n) is 0.987. The van der Waals surface area contributed by atoms with E-state index >= 15 is 0 Å². The molecule has 0 aliphatic carbocycles. The van der Waals surface area contributed by atoms with E-state index in [2.05, 4.69) is 18.4 Å². The molecular weight excluding hydrogens is 115 g/mol. The maximum absolute atomic E-state index is 6.90. The Morgan fingerprint density at radius 2 is 2.75 bits per heavy atom. The van der Waals surface area contributed by atoms with E-state index in [-0.39, 0.29) is 0 Å². The molecule has 1 aromatic rings. The van der Waals surface area contributed by atoms with Crippen LogP contribution in [-0.4, -0.2) is 7.28 Å². The Morgan fingerprint density at radius 3 is 3.25 bits per heavy atom. The molecule has 41 valence electrons. The van der Waals surface area contributed by atoms with Crippen molar-refractivity contribution >= 4 is 24.1 Å². The molecular formula is C6H8BS. The molecule has 8 heavy (non-hydrogen) atoms. The van der Waals surface area contributed by atoms with Crippen LogP contribution in [0.1, 0.15) is 6.25 Å². The van der Waals surface area contributed by atoms with Gasteiger partial charge < -0.3 is 0 Å². The van der Waals surface area contributed by atoms with Crippen molar-refractivity contribution in [3.05, 3.63) is 16.3 Å². The van der Waals surface area contributed by atoms with Crippen molar-refractivity contribution in [2.45, 2.75) is 13.7 Å². The Balaban J connectivity index is 2.61. The van der Waals surface area contributed by atoms with Crippen molar-refractivity contribution in [2.75, 3.05) is 0 Å². The van der Waals surface area contributed by atoms with Gasteiger partial charge in [-0.1, -0.05) is 18.3 Å². The quantitative estimate of drug-likeness (QED) is 0.497. The molecule has 0 amide bonds. The van der Waals surface area contributed by atoms with Gasteiger partial charge in [-0.2, -0.15) is 0 Å². The van der Waals surface area contributed by atoms with Crippen LogP contribution in [-0.2, 0) is 0 Å². The van der Waals surface area contributed by atoms with Crippen LogP contribution in [0.25, 0.3) is 0 Å². The highest BCUT2D eigenvalue weighted by molar-refractivity contribution is 7.11. The summed E-state index contributed by atoms with van der Waals surface area (Å²) in [6.45, 7) is 2.46. The van der Waals surface area contributed by atoms with Crippen LogP contribution in [0.4, 0.5) is 0 Å². The first-order chi connectivity index (χ1) is 4.33. The SMILES string of the molecule is [2H]C[B]c1csc(C)c1. The zero-order valence-corrected chi connectivity index (χ0v) is 5.66. The normalized spacial score (nSPS) is 10.9. The summed E-state index contributed by atoms with van der Waals surface area (Å²) in [4.78, 5) is 1.31. The van der Waals surface area contributed by atoms with Crippen molar-refractivity contribution in [1.82, 2.24) is 0 Å². The van der Waals surface area contributed by atoms with Gasteiger partial charge in [-0.15, -0.1) is 11.3 Å². The Hall–Kier alpha value is -0.235. The second-order valence-electron chi connectivity index (χ2n) is 1.69. The summed E-state index contributed by atoms with van der Waals surface area (Å²) in [5.74, 6) is 0. The van der Waals surface area contributed by atoms with Crippen LogP contribution >= 0.6 is 11.3 Å². The van der Waals surface area contributed by atoms with Gasteiger partial charge in [0.2, 0.25) is 0 Å². The fraction of sp³-hybridized carbons (Fsp3) is 0.333. The summed E-state index contributed by atoms with van der Waals surface area (Å²) in [7, 11) is 1.91. The fourth-order valence-corrected chi connectivity index (χ4v) is 1.26. The number of hydrogen-bond donors (Lipinski definition) is 0. The fourth-order valence-electron chi connectivity index (χ4n) is 0.571. The molecule has 1 aromatic heterocycles. The van der Waals surface area contributed by atoms with Gasteiger partial charge in [-0.25, -0.2) is 0 Å². The van der Waals surface area contributed by atoms with Gasteiger partial charge in [0.1, 0.15) is 7.28 Å². The molecule has 0 nitrogen and oxygen atoms in total. The number of hydrogen-bond acceptors (Lipinski definition) is 1. The van der Waals surface area contributed by atoms with E-state index in [1.54, 1.807) is 11.3 Å². The molecule has 0 N–H and O–H groups in total. The smallest absolute Gasteiger partial charge is 0.149 e. The van der Waals surface area contributed by atoms with E-state index in [0.717, 1.165) is 0 Å². The summed E-state index contributed by atoms with van der Waals surface area (Å²) < 4.78 is 6.90. The summed E-state index contributed by atoms with van der Waals surface area (Å²) in [6.07, 6.45) is 0. The molecule has 0 bridgehead atoms. The van der Waals surface area contributed by atoms with E-state index in [0.29, 0.717) is 6.80 Å². The van der Waals surface area contributed by atoms with Crippen LogP contribution in [0.3, 0.4) is 0 Å². The van der Waals surface area contributed by atoms with Crippen LogP contribution in [0.5, 0.6) is 0 Å². The van der Waals surface area contributed by atoms with Crippen molar-refractivity contribution < 1.29 is 1.37 Å². The van der Waals surface area contributed by atoms with Gasteiger partial charge >= 0.3 is 0 Å². The lowest BCUT2D eigenvalue weighted by molar-refractivity contribution is 1.65. The second-order valence-corrected chi connectivity index (χ2v) is 2.81. The standard InChI is InChI=1S/C6H8BS/c1-5-3-6(7-2)4-8-5/h3-4H,1-2H3/i2D. The Bertz CT molecular complexity index is 185. The molecule has 0 aromatic carbocycles. The highest BCUT2D eigenvalue weighted by Crippen LogP contribution is 2.02. The Labute approximate surface area is 56.2 Å². The van der Waals surface area contributed by atoms with Gasteiger partial charge in [0, 0.05) is 6.25 Å². The summed E-state index contributed by atoms with van der Waals surface area (Å²) >= 11 is 1.73. The van der Waals surface area contributed by atoms with Crippen LogP contribution in [0.2, 0.25) is 6.80 Å². The minimum Gasteiger partial charge on any atom is -0.150 e. The van der Waals surface area contributed by atoms with Crippen LogP contribution in [0, 0.1) is 6.92 Å². The number of rotatable bonds is 1. The minimum absolute atomic E-state index is 0.385. The predicted octanol–water partition coefficient (Wildman–Crippen LogP) is 1.43. The van der Waals surface area contributed by atoms with Gasteiger partial charge in [-0.05, 0) is 12.3 Å². The Morgan fingerprint density at radius 1 is 1.88 bits per heavy atom.